The monoisotopic (exact) mass is 264 g/mol. The second kappa shape index (κ2) is 5.21. The number of hydrogen-bond donors (Lipinski definition) is 2. The molecule has 0 saturated carbocycles. The van der Waals surface area contributed by atoms with Crippen LogP contribution < -0.4 is 5.32 Å². The number of rotatable bonds is 3. The van der Waals surface area contributed by atoms with Gasteiger partial charge in [0.25, 0.3) is 5.91 Å². The molecule has 1 heterocycles. The van der Waals surface area contributed by atoms with E-state index in [-0.39, 0.29) is 5.91 Å². The molecule has 3 nitrogen and oxygen atoms in total. The number of H-pyrrole nitrogens is 1. The van der Waals surface area contributed by atoms with Gasteiger partial charge in [0.05, 0.1) is 0 Å². The maximum atomic E-state index is 12.1. The summed E-state index contributed by atoms with van der Waals surface area (Å²) in [6.07, 6.45) is 0. The molecule has 0 saturated heterocycles. The van der Waals surface area contributed by atoms with Crippen LogP contribution in [0.1, 0.15) is 21.6 Å². The fourth-order valence-corrected chi connectivity index (χ4v) is 2.42. The summed E-state index contributed by atoms with van der Waals surface area (Å²) in [5.74, 6) is -0.0460. The van der Waals surface area contributed by atoms with Gasteiger partial charge in [0.15, 0.2) is 0 Å². The number of amides is 1. The molecule has 0 spiro atoms. The Hall–Kier alpha value is -2.55. The van der Waals surface area contributed by atoms with Crippen molar-refractivity contribution in [3.8, 4) is 0 Å². The molecule has 0 fully saturated rings. The van der Waals surface area contributed by atoms with Crippen LogP contribution in [-0.2, 0) is 6.54 Å². The summed E-state index contributed by atoms with van der Waals surface area (Å²) in [6.45, 7) is 2.56. The van der Waals surface area contributed by atoms with Gasteiger partial charge in [-0.05, 0) is 30.7 Å². The van der Waals surface area contributed by atoms with Crippen LogP contribution in [0.15, 0.2) is 54.6 Å². The minimum Gasteiger partial charge on any atom is -0.358 e. The highest BCUT2D eigenvalue weighted by Gasteiger charge is 2.10. The summed E-state index contributed by atoms with van der Waals surface area (Å²) in [7, 11) is 0. The van der Waals surface area contributed by atoms with Crippen molar-refractivity contribution >= 4 is 16.8 Å². The first-order valence-corrected chi connectivity index (χ1v) is 6.65. The van der Waals surface area contributed by atoms with Crippen molar-refractivity contribution in [2.24, 2.45) is 0 Å². The highest BCUT2D eigenvalue weighted by atomic mass is 16.1. The third-order valence-corrected chi connectivity index (χ3v) is 3.49. The van der Waals surface area contributed by atoms with Gasteiger partial charge in [-0.2, -0.15) is 0 Å². The van der Waals surface area contributed by atoms with Crippen LogP contribution in [-0.4, -0.2) is 10.9 Å². The molecule has 0 bridgehead atoms. The van der Waals surface area contributed by atoms with Gasteiger partial charge < -0.3 is 10.3 Å². The smallest absolute Gasteiger partial charge is 0.251 e. The zero-order chi connectivity index (χ0) is 13.9. The Labute approximate surface area is 117 Å². The molecule has 3 aromatic rings. The first-order valence-electron chi connectivity index (χ1n) is 6.65. The molecule has 0 aliphatic carbocycles. The lowest BCUT2D eigenvalue weighted by Gasteiger charge is -2.05. The molecule has 3 heteroatoms. The third-order valence-electron chi connectivity index (χ3n) is 3.49. The van der Waals surface area contributed by atoms with Crippen LogP contribution >= 0.6 is 0 Å². The molecule has 0 unspecified atom stereocenters. The molecule has 0 radical (unpaired) electrons. The zero-order valence-electron chi connectivity index (χ0n) is 11.3. The fourth-order valence-electron chi connectivity index (χ4n) is 2.42. The number of fused-ring (bicyclic) bond motifs is 1. The van der Waals surface area contributed by atoms with Gasteiger partial charge in [0.1, 0.15) is 0 Å². The average molecular weight is 264 g/mol. The third kappa shape index (κ3) is 2.30. The van der Waals surface area contributed by atoms with Crippen molar-refractivity contribution in [3.05, 3.63) is 71.4 Å². The zero-order valence-corrected chi connectivity index (χ0v) is 11.3. The average Bonchev–Trinajstić information content (AvgIpc) is 2.81. The fraction of sp³-hybridized carbons (Fsp3) is 0.118. The molecule has 0 aliphatic heterocycles. The van der Waals surface area contributed by atoms with Crippen LogP contribution in [0.25, 0.3) is 10.9 Å². The quantitative estimate of drug-likeness (QED) is 0.748. The van der Waals surface area contributed by atoms with Crippen LogP contribution in [0.4, 0.5) is 0 Å². The molecule has 20 heavy (non-hydrogen) atoms. The van der Waals surface area contributed by atoms with E-state index in [1.54, 1.807) is 0 Å². The van der Waals surface area contributed by atoms with Gasteiger partial charge in [-0.3, -0.25) is 4.79 Å². The van der Waals surface area contributed by atoms with Gasteiger partial charge in [-0.1, -0.05) is 36.4 Å². The summed E-state index contributed by atoms with van der Waals surface area (Å²) in [5.41, 5.74) is 4.03. The van der Waals surface area contributed by atoms with Crippen LogP contribution in [0, 0.1) is 6.92 Å². The SMILES string of the molecule is Cc1[nH]c2ccccc2c1CNC(=O)c1ccccc1. The minimum absolute atomic E-state index is 0.0460. The van der Waals surface area contributed by atoms with Gasteiger partial charge in [-0.25, -0.2) is 0 Å². The van der Waals surface area contributed by atoms with Crippen molar-refractivity contribution in [1.82, 2.24) is 10.3 Å². The number of carbonyl (C=O) groups is 1. The van der Waals surface area contributed by atoms with Crippen LogP contribution in [0.3, 0.4) is 0 Å². The first kappa shape index (κ1) is 12.5. The Morgan fingerprint density at radius 1 is 1.05 bits per heavy atom. The maximum Gasteiger partial charge on any atom is 0.251 e. The van der Waals surface area contributed by atoms with E-state index in [9.17, 15) is 4.79 Å². The van der Waals surface area contributed by atoms with E-state index in [1.165, 1.54) is 5.39 Å². The lowest BCUT2D eigenvalue weighted by atomic mass is 10.1. The minimum atomic E-state index is -0.0460. The number of carbonyl (C=O) groups excluding carboxylic acids is 1. The first-order chi connectivity index (χ1) is 9.75. The van der Waals surface area contributed by atoms with E-state index >= 15 is 0 Å². The Bertz CT molecular complexity index is 744. The predicted octanol–water partition coefficient (Wildman–Crippen LogP) is 3.41. The highest BCUT2D eigenvalue weighted by Crippen LogP contribution is 2.21. The van der Waals surface area contributed by atoms with Gasteiger partial charge in [-0.15, -0.1) is 0 Å². The predicted molar refractivity (Wildman–Crippen MR) is 80.6 cm³/mol. The normalized spacial score (nSPS) is 10.7. The lowest BCUT2D eigenvalue weighted by molar-refractivity contribution is 0.0951. The molecule has 3 rings (SSSR count). The molecule has 0 atom stereocenters. The van der Waals surface area contributed by atoms with Gasteiger partial charge in [0, 0.05) is 28.7 Å². The van der Waals surface area contributed by atoms with Crippen molar-refractivity contribution in [3.63, 3.8) is 0 Å². The second-order valence-electron chi connectivity index (χ2n) is 4.82. The molecule has 1 aromatic heterocycles. The summed E-state index contributed by atoms with van der Waals surface area (Å²) < 4.78 is 0. The maximum absolute atomic E-state index is 12.1. The highest BCUT2D eigenvalue weighted by molar-refractivity contribution is 5.94. The van der Waals surface area contributed by atoms with Crippen molar-refractivity contribution in [2.45, 2.75) is 13.5 Å². The summed E-state index contributed by atoms with van der Waals surface area (Å²) in [5, 5.41) is 4.14. The number of para-hydroxylation sites is 1. The number of aromatic amines is 1. The van der Waals surface area contributed by atoms with E-state index in [4.69, 9.17) is 0 Å². The molecular weight excluding hydrogens is 248 g/mol. The lowest BCUT2D eigenvalue weighted by Crippen LogP contribution is -2.22. The van der Waals surface area contributed by atoms with E-state index in [1.807, 2.05) is 55.5 Å². The van der Waals surface area contributed by atoms with E-state index < -0.39 is 0 Å². The Morgan fingerprint density at radius 2 is 1.75 bits per heavy atom. The van der Waals surface area contributed by atoms with E-state index in [0.717, 1.165) is 16.8 Å². The molecule has 2 aromatic carbocycles. The van der Waals surface area contributed by atoms with Crippen molar-refractivity contribution in [1.29, 1.82) is 0 Å². The number of aromatic nitrogens is 1. The standard InChI is InChI=1S/C17H16N2O/c1-12-15(14-9-5-6-10-16(14)19-12)11-18-17(20)13-7-3-2-4-8-13/h2-10,19H,11H2,1H3,(H,18,20). The molecule has 0 aliphatic rings. The van der Waals surface area contributed by atoms with Crippen LogP contribution in [0.5, 0.6) is 0 Å². The van der Waals surface area contributed by atoms with Gasteiger partial charge in [0.2, 0.25) is 0 Å². The van der Waals surface area contributed by atoms with E-state index in [2.05, 4.69) is 16.4 Å². The van der Waals surface area contributed by atoms with E-state index in [0.29, 0.717) is 12.1 Å². The van der Waals surface area contributed by atoms with Crippen molar-refractivity contribution in [2.75, 3.05) is 0 Å². The Balaban J connectivity index is 1.81. The van der Waals surface area contributed by atoms with Crippen LogP contribution in [0.2, 0.25) is 0 Å². The molecule has 100 valence electrons. The number of benzene rings is 2. The summed E-state index contributed by atoms with van der Waals surface area (Å²) in [6, 6.07) is 17.4. The molecular formula is C17H16N2O. The summed E-state index contributed by atoms with van der Waals surface area (Å²) in [4.78, 5) is 15.4. The Kier molecular flexibility index (Phi) is 3.25. The summed E-state index contributed by atoms with van der Waals surface area (Å²) >= 11 is 0. The number of aryl methyl sites for hydroxylation is 1. The van der Waals surface area contributed by atoms with Crippen molar-refractivity contribution < 1.29 is 4.79 Å². The second-order valence-corrected chi connectivity index (χ2v) is 4.82. The molecule has 1 amide bonds. The molecule has 2 N–H and O–H groups in total. The topological polar surface area (TPSA) is 44.9 Å². The number of nitrogens with one attached hydrogen (secondary N) is 2. The Morgan fingerprint density at radius 3 is 2.55 bits per heavy atom. The van der Waals surface area contributed by atoms with Gasteiger partial charge >= 0.3 is 0 Å². The largest absolute Gasteiger partial charge is 0.358 e. The number of hydrogen-bond acceptors (Lipinski definition) is 1.